The normalized spacial score (nSPS) is 10.8. The Balaban J connectivity index is 1.46. The Labute approximate surface area is 157 Å². The van der Waals surface area contributed by atoms with Gasteiger partial charge >= 0.3 is 5.97 Å². The molecule has 0 aliphatic rings. The van der Waals surface area contributed by atoms with E-state index in [0.717, 1.165) is 11.1 Å². The topological polar surface area (TPSA) is 80.9 Å². The summed E-state index contributed by atoms with van der Waals surface area (Å²) in [5.74, 6) is -0.284. The van der Waals surface area contributed by atoms with Gasteiger partial charge in [-0.2, -0.15) is 0 Å². The molecule has 0 saturated carbocycles. The molecule has 134 valence electrons. The second kappa shape index (κ2) is 7.05. The first-order chi connectivity index (χ1) is 13.1. The molecule has 0 aliphatic heterocycles. The van der Waals surface area contributed by atoms with Crippen LogP contribution >= 0.6 is 11.3 Å². The molecular formula is C20H14N2O4S. The Morgan fingerprint density at radius 2 is 1.74 bits per heavy atom. The van der Waals surface area contributed by atoms with Crippen LogP contribution in [0.5, 0.6) is 5.75 Å². The molecule has 0 radical (unpaired) electrons. The van der Waals surface area contributed by atoms with Gasteiger partial charge in [-0.3, -0.25) is 9.20 Å². The van der Waals surface area contributed by atoms with Gasteiger partial charge in [0.25, 0.3) is 5.56 Å². The third-order valence-electron chi connectivity index (χ3n) is 4.03. The van der Waals surface area contributed by atoms with E-state index in [1.807, 2.05) is 12.1 Å². The summed E-state index contributed by atoms with van der Waals surface area (Å²) in [5.41, 5.74) is 2.47. The predicted octanol–water partition coefficient (Wildman–Crippen LogP) is 3.49. The smallest absolute Gasteiger partial charge is 0.338 e. The third kappa shape index (κ3) is 3.58. The van der Waals surface area contributed by atoms with E-state index >= 15 is 0 Å². The Morgan fingerprint density at radius 3 is 2.44 bits per heavy atom. The quantitative estimate of drug-likeness (QED) is 0.550. The van der Waals surface area contributed by atoms with Gasteiger partial charge in [0.2, 0.25) is 0 Å². The number of ether oxygens (including phenoxy) is 1. The summed E-state index contributed by atoms with van der Waals surface area (Å²) in [6.45, 7) is -0.0673. The summed E-state index contributed by atoms with van der Waals surface area (Å²) >= 11 is 1.34. The fourth-order valence-corrected chi connectivity index (χ4v) is 3.38. The molecular weight excluding hydrogens is 364 g/mol. The highest BCUT2D eigenvalue weighted by atomic mass is 32.1. The zero-order valence-electron chi connectivity index (χ0n) is 14.0. The number of hydrogen-bond acceptors (Lipinski definition) is 6. The standard InChI is InChI=1S/C20H14N2O4S/c23-17-7-5-14(6-8-17)13-1-3-15(4-2-13)19(25)26-12-16-11-18(24)22-9-10-27-20(22)21-16/h1-11,23H,12H2. The molecule has 0 amide bonds. The number of carbonyl (C=O) groups excluding carboxylic acids is 1. The molecule has 7 heteroatoms. The first-order valence-corrected chi connectivity index (χ1v) is 9.00. The number of thiazole rings is 1. The van der Waals surface area contributed by atoms with Crippen molar-refractivity contribution in [2.75, 3.05) is 0 Å². The summed E-state index contributed by atoms with van der Waals surface area (Å²) in [6, 6.07) is 15.2. The molecule has 1 N–H and O–H groups in total. The molecule has 4 rings (SSSR count). The van der Waals surface area contributed by atoms with E-state index in [9.17, 15) is 14.7 Å². The molecule has 0 bridgehead atoms. The number of aromatic hydroxyl groups is 1. The lowest BCUT2D eigenvalue weighted by molar-refractivity contribution is 0.0468. The van der Waals surface area contributed by atoms with Crippen molar-refractivity contribution >= 4 is 22.3 Å². The number of esters is 1. The molecule has 0 saturated heterocycles. The lowest BCUT2D eigenvalue weighted by Gasteiger charge is -2.06. The van der Waals surface area contributed by atoms with Crippen molar-refractivity contribution in [2.45, 2.75) is 6.61 Å². The summed E-state index contributed by atoms with van der Waals surface area (Å²) < 4.78 is 6.72. The zero-order valence-corrected chi connectivity index (χ0v) is 14.8. The van der Waals surface area contributed by atoms with Crippen LogP contribution in [0.1, 0.15) is 16.1 Å². The molecule has 27 heavy (non-hydrogen) atoms. The Bertz CT molecular complexity index is 1160. The van der Waals surface area contributed by atoms with Crippen molar-refractivity contribution in [1.29, 1.82) is 0 Å². The van der Waals surface area contributed by atoms with E-state index < -0.39 is 5.97 Å². The van der Waals surface area contributed by atoms with E-state index in [-0.39, 0.29) is 17.9 Å². The van der Waals surface area contributed by atoms with Gasteiger partial charge in [-0.25, -0.2) is 9.78 Å². The Hall–Kier alpha value is -3.45. The van der Waals surface area contributed by atoms with E-state index in [1.54, 1.807) is 48.0 Å². The number of phenolic OH excluding ortho intramolecular Hbond substituents is 1. The maximum atomic E-state index is 12.2. The number of phenols is 1. The second-order valence-electron chi connectivity index (χ2n) is 5.84. The highest BCUT2D eigenvalue weighted by molar-refractivity contribution is 7.15. The second-order valence-corrected chi connectivity index (χ2v) is 6.71. The van der Waals surface area contributed by atoms with E-state index in [4.69, 9.17) is 4.74 Å². The maximum absolute atomic E-state index is 12.2. The lowest BCUT2D eigenvalue weighted by Crippen LogP contribution is -2.14. The first kappa shape index (κ1) is 17.0. The Morgan fingerprint density at radius 1 is 1.07 bits per heavy atom. The average molecular weight is 378 g/mol. The number of carbonyl (C=O) groups is 1. The van der Waals surface area contributed by atoms with E-state index in [1.165, 1.54) is 21.8 Å². The summed E-state index contributed by atoms with van der Waals surface area (Å²) in [6.07, 6.45) is 1.65. The monoisotopic (exact) mass is 378 g/mol. The average Bonchev–Trinajstić information content (AvgIpc) is 3.16. The Kier molecular flexibility index (Phi) is 4.43. The van der Waals surface area contributed by atoms with E-state index in [2.05, 4.69) is 4.98 Å². The SMILES string of the molecule is O=C(OCc1cc(=O)n2ccsc2n1)c1ccc(-c2ccc(O)cc2)cc1. The minimum atomic E-state index is -0.486. The fourth-order valence-electron chi connectivity index (χ4n) is 2.64. The molecule has 2 aromatic carbocycles. The van der Waals surface area contributed by atoms with Crippen LogP contribution in [-0.4, -0.2) is 20.5 Å². The van der Waals surface area contributed by atoms with Gasteiger partial charge in [-0.1, -0.05) is 24.3 Å². The van der Waals surface area contributed by atoms with Gasteiger partial charge in [0.1, 0.15) is 12.4 Å². The zero-order chi connectivity index (χ0) is 18.8. The van der Waals surface area contributed by atoms with Gasteiger partial charge in [-0.15, -0.1) is 11.3 Å². The third-order valence-corrected chi connectivity index (χ3v) is 4.79. The minimum absolute atomic E-state index is 0.0673. The van der Waals surface area contributed by atoms with E-state index in [0.29, 0.717) is 16.2 Å². The predicted molar refractivity (Wildman–Crippen MR) is 102 cm³/mol. The molecule has 0 unspecified atom stereocenters. The van der Waals surface area contributed by atoms with Crippen LogP contribution in [0.4, 0.5) is 0 Å². The molecule has 0 fully saturated rings. The van der Waals surface area contributed by atoms with Crippen molar-refractivity contribution in [1.82, 2.24) is 9.38 Å². The highest BCUT2D eigenvalue weighted by Gasteiger charge is 2.10. The number of aromatic nitrogens is 2. The van der Waals surface area contributed by atoms with Crippen LogP contribution < -0.4 is 5.56 Å². The molecule has 6 nitrogen and oxygen atoms in total. The van der Waals surface area contributed by atoms with Crippen molar-refractivity contribution < 1.29 is 14.6 Å². The molecule has 0 spiro atoms. The first-order valence-electron chi connectivity index (χ1n) is 8.12. The molecule has 4 aromatic rings. The van der Waals surface area contributed by atoms with Crippen molar-refractivity contribution in [3.63, 3.8) is 0 Å². The minimum Gasteiger partial charge on any atom is -0.508 e. The number of fused-ring (bicyclic) bond motifs is 1. The summed E-state index contributed by atoms with van der Waals surface area (Å²) in [5, 5.41) is 11.1. The molecule has 2 heterocycles. The van der Waals surface area contributed by atoms with Crippen molar-refractivity contribution in [3.05, 3.63) is 87.8 Å². The maximum Gasteiger partial charge on any atom is 0.338 e. The van der Waals surface area contributed by atoms with Crippen LogP contribution in [-0.2, 0) is 11.3 Å². The molecule has 2 aromatic heterocycles. The van der Waals surface area contributed by atoms with Gasteiger partial charge in [0.05, 0.1) is 11.3 Å². The van der Waals surface area contributed by atoms with Gasteiger partial charge in [0, 0.05) is 17.6 Å². The van der Waals surface area contributed by atoms with Crippen molar-refractivity contribution in [2.24, 2.45) is 0 Å². The van der Waals surface area contributed by atoms with Crippen LogP contribution in [0.2, 0.25) is 0 Å². The molecule has 0 atom stereocenters. The number of benzene rings is 2. The largest absolute Gasteiger partial charge is 0.508 e. The summed E-state index contributed by atoms with van der Waals surface area (Å²) in [7, 11) is 0. The number of hydrogen-bond donors (Lipinski definition) is 1. The van der Waals surface area contributed by atoms with Crippen LogP contribution in [0.15, 0.2) is 71.0 Å². The van der Waals surface area contributed by atoms with Crippen LogP contribution in [0, 0.1) is 0 Å². The molecule has 0 aliphatic carbocycles. The van der Waals surface area contributed by atoms with Gasteiger partial charge in [0.15, 0.2) is 4.96 Å². The van der Waals surface area contributed by atoms with Gasteiger partial charge < -0.3 is 9.84 Å². The lowest BCUT2D eigenvalue weighted by atomic mass is 10.0. The van der Waals surface area contributed by atoms with Crippen molar-refractivity contribution in [3.8, 4) is 16.9 Å². The summed E-state index contributed by atoms with van der Waals surface area (Å²) in [4.78, 5) is 29.1. The van der Waals surface area contributed by atoms with Gasteiger partial charge in [-0.05, 0) is 35.4 Å². The van der Waals surface area contributed by atoms with Crippen LogP contribution in [0.25, 0.3) is 16.1 Å². The fraction of sp³-hybridized carbons (Fsp3) is 0.0500. The van der Waals surface area contributed by atoms with Crippen LogP contribution in [0.3, 0.4) is 0 Å². The number of nitrogens with zero attached hydrogens (tertiary/aromatic N) is 2. The number of rotatable bonds is 4. The highest BCUT2D eigenvalue weighted by Crippen LogP contribution is 2.22.